The minimum absolute atomic E-state index is 0.169. The predicted molar refractivity (Wildman–Crippen MR) is 125 cm³/mol. The van der Waals surface area contributed by atoms with Gasteiger partial charge in [-0.15, -0.1) is 0 Å². The maximum Gasteiger partial charge on any atom is 0.101 e. The Balaban J connectivity index is 1.55. The van der Waals surface area contributed by atoms with Crippen molar-refractivity contribution >= 4 is 0 Å². The van der Waals surface area contributed by atoms with Crippen LogP contribution in [0.2, 0.25) is 0 Å². The summed E-state index contributed by atoms with van der Waals surface area (Å²) in [7, 11) is 0. The van der Waals surface area contributed by atoms with E-state index in [0.29, 0.717) is 29.8 Å². The Morgan fingerprint density at radius 1 is 0.938 bits per heavy atom. The van der Waals surface area contributed by atoms with Crippen LogP contribution < -0.4 is 0 Å². The molecule has 182 valence electrons. The number of aliphatic hydroxyl groups is 2. The number of hydrogen-bond donors (Lipinski definition) is 2. The van der Waals surface area contributed by atoms with Crippen LogP contribution in [-0.4, -0.2) is 77.3 Å². The van der Waals surface area contributed by atoms with Crippen LogP contribution in [-0.2, 0) is 4.74 Å². The average Bonchev–Trinajstić information content (AvgIpc) is 3.14. The van der Waals surface area contributed by atoms with Gasteiger partial charge in [0.25, 0.3) is 0 Å². The number of fused-ring (bicyclic) bond motifs is 2. The molecular weight excluding hydrogens is 400 g/mol. The minimum Gasteiger partial charge on any atom is -0.395 e. The second-order valence-electron chi connectivity index (χ2n) is 12.9. The number of nitrogens with zero attached hydrogens (tertiary/aromatic N) is 2. The van der Waals surface area contributed by atoms with E-state index < -0.39 is 0 Å². The van der Waals surface area contributed by atoms with Crippen LogP contribution in [0.1, 0.15) is 72.1 Å². The molecule has 0 aromatic carbocycles. The molecule has 4 saturated carbocycles. The van der Waals surface area contributed by atoms with Crippen LogP contribution in [0, 0.1) is 40.4 Å². The largest absolute Gasteiger partial charge is 0.395 e. The van der Waals surface area contributed by atoms with Gasteiger partial charge >= 0.3 is 0 Å². The minimum atomic E-state index is -0.370. The van der Waals surface area contributed by atoms with E-state index in [-0.39, 0.29) is 23.8 Å². The zero-order valence-electron chi connectivity index (χ0n) is 20.6. The molecule has 0 radical (unpaired) electrons. The third kappa shape index (κ3) is 2.75. The van der Waals surface area contributed by atoms with Gasteiger partial charge < -0.3 is 14.9 Å². The van der Waals surface area contributed by atoms with E-state index >= 15 is 0 Å². The van der Waals surface area contributed by atoms with Gasteiger partial charge in [-0.25, -0.2) is 0 Å². The van der Waals surface area contributed by atoms with Gasteiger partial charge in [-0.1, -0.05) is 13.8 Å². The van der Waals surface area contributed by atoms with Crippen molar-refractivity contribution in [3.63, 3.8) is 0 Å². The number of rotatable bonds is 3. The molecule has 7 aliphatic rings. The molecule has 2 unspecified atom stereocenters. The lowest BCUT2D eigenvalue weighted by Crippen LogP contribution is -2.77. The molecule has 10 atom stereocenters. The molecule has 4 aliphatic carbocycles. The highest BCUT2D eigenvalue weighted by Crippen LogP contribution is 2.70. The third-order valence-corrected chi connectivity index (χ3v) is 12.3. The Morgan fingerprint density at radius 3 is 2.41 bits per heavy atom. The molecule has 0 amide bonds. The van der Waals surface area contributed by atoms with E-state index in [2.05, 4.69) is 30.6 Å². The van der Waals surface area contributed by atoms with Gasteiger partial charge in [0.05, 0.1) is 25.9 Å². The quantitative estimate of drug-likeness (QED) is 0.696. The second kappa shape index (κ2) is 7.65. The fourth-order valence-electron chi connectivity index (χ4n) is 11.0. The maximum atomic E-state index is 12.0. The Bertz CT molecular complexity index is 728. The zero-order chi connectivity index (χ0) is 22.3. The summed E-state index contributed by atoms with van der Waals surface area (Å²) in [5.74, 6) is 3.86. The van der Waals surface area contributed by atoms with E-state index in [1.807, 2.05) is 0 Å². The Labute approximate surface area is 194 Å². The number of morpholine rings is 1. The van der Waals surface area contributed by atoms with E-state index in [9.17, 15) is 10.2 Å². The van der Waals surface area contributed by atoms with Gasteiger partial charge in [-0.3, -0.25) is 9.80 Å². The molecule has 0 aromatic rings. The first kappa shape index (κ1) is 22.3. The molecule has 0 spiro atoms. The lowest BCUT2D eigenvalue weighted by Gasteiger charge is -2.69. The van der Waals surface area contributed by atoms with Crippen molar-refractivity contribution in [1.29, 1.82) is 0 Å². The number of ether oxygens (including phenoxy) is 1. The Kier molecular flexibility index (Phi) is 5.32. The predicted octanol–water partition coefficient (Wildman–Crippen LogP) is 3.34. The van der Waals surface area contributed by atoms with Crippen LogP contribution in [0.3, 0.4) is 0 Å². The fraction of sp³-hybridized carbons (Fsp3) is 1.00. The van der Waals surface area contributed by atoms with Gasteiger partial charge in [0.2, 0.25) is 0 Å². The Hall–Kier alpha value is -0.200. The van der Waals surface area contributed by atoms with Crippen LogP contribution in [0.5, 0.6) is 0 Å². The van der Waals surface area contributed by atoms with Crippen molar-refractivity contribution in [1.82, 2.24) is 9.80 Å². The summed E-state index contributed by atoms with van der Waals surface area (Å²) in [6.45, 7) is 11.8. The monoisotopic (exact) mass is 446 g/mol. The van der Waals surface area contributed by atoms with Crippen molar-refractivity contribution in [2.45, 2.75) is 89.9 Å². The molecule has 3 aliphatic heterocycles. The molecular formula is C27H46N2O3. The molecule has 5 heteroatoms. The van der Waals surface area contributed by atoms with Gasteiger partial charge in [-0.05, 0) is 98.7 Å². The van der Waals surface area contributed by atoms with Crippen molar-refractivity contribution in [2.75, 3.05) is 39.5 Å². The second-order valence-corrected chi connectivity index (χ2v) is 12.9. The van der Waals surface area contributed by atoms with Gasteiger partial charge in [0, 0.05) is 25.7 Å². The summed E-state index contributed by atoms with van der Waals surface area (Å²) in [5.41, 5.74) is 0.329. The summed E-state index contributed by atoms with van der Waals surface area (Å²) in [5, 5.41) is 22.3. The van der Waals surface area contributed by atoms with Gasteiger partial charge in [0.1, 0.15) is 5.66 Å². The SMILES string of the molecule is CC1[C@H]2CC[C@H]3[C@@H]4CC[C@H]5C[C@H](O)[C@@](N6CCOCC6)(C[C@]5(C)C4CC[C@]23C)N1CCO. The van der Waals surface area contributed by atoms with Gasteiger partial charge in [0.15, 0.2) is 0 Å². The average molecular weight is 447 g/mol. The number of aliphatic hydroxyl groups excluding tert-OH is 2. The molecule has 5 nitrogen and oxygen atoms in total. The molecule has 2 N–H and O–H groups in total. The maximum absolute atomic E-state index is 12.0. The first-order valence-electron chi connectivity index (χ1n) is 13.7. The lowest BCUT2D eigenvalue weighted by molar-refractivity contribution is -0.258. The van der Waals surface area contributed by atoms with E-state index in [1.54, 1.807) is 0 Å². The first-order valence-corrected chi connectivity index (χ1v) is 13.7. The standard InChI is InChI=1S/C27H46N2O3/c1-18-21-6-7-22-20-5-4-19-16-24(31)27(29(18)10-13-30,28-11-14-32-15-12-28)17-26(19,3)23(20)8-9-25(21,22)2/h18-24,30-31H,4-17H2,1-3H3/t18?,19-,20-,21+,22-,23?,24-,25+,26-,27+/m0/s1. The topological polar surface area (TPSA) is 56.2 Å². The fourth-order valence-corrected chi connectivity index (χ4v) is 11.0. The smallest absolute Gasteiger partial charge is 0.101 e. The van der Waals surface area contributed by atoms with Gasteiger partial charge in [-0.2, -0.15) is 0 Å². The molecule has 7 bridgehead atoms. The third-order valence-electron chi connectivity index (χ3n) is 12.3. The van der Waals surface area contributed by atoms with E-state index in [4.69, 9.17) is 4.74 Å². The zero-order valence-corrected chi connectivity index (χ0v) is 20.6. The van der Waals surface area contributed by atoms with Crippen molar-refractivity contribution < 1.29 is 14.9 Å². The van der Waals surface area contributed by atoms with Crippen LogP contribution in [0.4, 0.5) is 0 Å². The molecule has 7 rings (SSSR count). The highest BCUT2D eigenvalue weighted by atomic mass is 16.5. The highest BCUT2D eigenvalue weighted by molar-refractivity contribution is 5.18. The normalized spacial score (nSPS) is 56.0. The number of hydrogen-bond acceptors (Lipinski definition) is 5. The van der Waals surface area contributed by atoms with Crippen LogP contribution in [0.25, 0.3) is 0 Å². The van der Waals surface area contributed by atoms with Crippen LogP contribution in [0.15, 0.2) is 0 Å². The van der Waals surface area contributed by atoms with E-state index in [0.717, 1.165) is 56.9 Å². The van der Waals surface area contributed by atoms with Crippen molar-refractivity contribution in [3.05, 3.63) is 0 Å². The van der Waals surface area contributed by atoms with Crippen LogP contribution >= 0.6 is 0 Å². The summed E-state index contributed by atoms with van der Waals surface area (Å²) in [4.78, 5) is 5.23. The molecule has 3 saturated heterocycles. The highest BCUT2D eigenvalue weighted by Gasteiger charge is 2.68. The molecule has 32 heavy (non-hydrogen) atoms. The summed E-state index contributed by atoms with van der Waals surface area (Å²) >= 11 is 0. The molecule has 7 fully saturated rings. The first-order chi connectivity index (χ1) is 15.4. The summed E-state index contributed by atoms with van der Waals surface area (Å²) in [6, 6.07) is 0.380. The molecule has 3 heterocycles. The van der Waals surface area contributed by atoms with E-state index in [1.165, 1.54) is 38.5 Å². The van der Waals surface area contributed by atoms with Crippen molar-refractivity contribution in [2.24, 2.45) is 40.4 Å². The summed E-state index contributed by atoms with van der Waals surface area (Å²) in [6.07, 6.45) is 9.83. The van der Waals surface area contributed by atoms with Crippen molar-refractivity contribution in [3.8, 4) is 0 Å². The lowest BCUT2D eigenvalue weighted by atomic mass is 9.42. The summed E-state index contributed by atoms with van der Waals surface area (Å²) < 4.78 is 5.78. The Morgan fingerprint density at radius 2 is 1.66 bits per heavy atom. The molecule has 0 aromatic heterocycles.